The maximum Gasteiger partial charge on any atom is 0.335 e. The predicted molar refractivity (Wildman–Crippen MR) is 83.2 cm³/mol. The topological polar surface area (TPSA) is 55.8 Å². The number of methoxy groups -OCH3 is 1. The maximum absolute atomic E-state index is 10.9. The lowest BCUT2D eigenvalue weighted by molar-refractivity contribution is 0.0696. The number of carbonyl (C=O) groups is 1. The number of aromatic carboxylic acids is 1. The standard InChI is InChI=1S/C16H15BrO4/c1-10-3-5-14(20-2)12(7-10)9-21-15-6-4-11(16(18)19)8-13(15)17/h3-8H,9H2,1-2H3,(H,18,19). The molecule has 2 aromatic rings. The number of ether oxygens (including phenoxy) is 2. The summed E-state index contributed by atoms with van der Waals surface area (Å²) in [6, 6.07) is 10.5. The van der Waals surface area contributed by atoms with E-state index in [1.54, 1.807) is 13.2 Å². The summed E-state index contributed by atoms with van der Waals surface area (Å²) < 4.78 is 11.6. The predicted octanol–water partition coefficient (Wildman–Crippen LogP) is 4.04. The third-order valence-corrected chi connectivity index (χ3v) is 3.62. The molecule has 0 aliphatic rings. The Morgan fingerprint density at radius 3 is 2.52 bits per heavy atom. The first kappa shape index (κ1) is 15.4. The van der Waals surface area contributed by atoms with E-state index >= 15 is 0 Å². The van der Waals surface area contributed by atoms with Crippen LogP contribution in [0.25, 0.3) is 0 Å². The number of carboxylic acid groups (broad SMARTS) is 1. The van der Waals surface area contributed by atoms with Crippen LogP contribution in [0.3, 0.4) is 0 Å². The molecule has 5 heteroatoms. The molecule has 0 atom stereocenters. The SMILES string of the molecule is COc1ccc(C)cc1COc1ccc(C(=O)O)cc1Br. The Hall–Kier alpha value is -2.01. The van der Waals surface area contributed by atoms with Crippen molar-refractivity contribution in [3.05, 3.63) is 57.6 Å². The van der Waals surface area contributed by atoms with Crippen LogP contribution in [-0.2, 0) is 6.61 Å². The van der Waals surface area contributed by atoms with E-state index in [1.807, 2.05) is 25.1 Å². The highest BCUT2D eigenvalue weighted by Crippen LogP contribution is 2.28. The molecule has 1 N–H and O–H groups in total. The second kappa shape index (κ2) is 6.63. The summed E-state index contributed by atoms with van der Waals surface area (Å²) in [5.41, 5.74) is 2.27. The number of rotatable bonds is 5. The minimum Gasteiger partial charge on any atom is -0.496 e. The molecule has 21 heavy (non-hydrogen) atoms. The Kier molecular flexibility index (Phi) is 4.85. The van der Waals surface area contributed by atoms with Crippen molar-refractivity contribution in [3.8, 4) is 11.5 Å². The van der Waals surface area contributed by atoms with Gasteiger partial charge in [-0.15, -0.1) is 0 Å². The Bertz CT molecular complexity index is 667. The van der Waals surface area contributed by atoms with Crippen molar-refractivity contribution in [2.45, 2.75) is 13.5 Å². The van der Waals surface area contributed by atoms with Gasteiger partial charge in [0.15, 0.2) is 0 Å². The number of hydrogen-bond donors (Lipinski definition) is 1. The summed E-state index contributed by atoms with van der Waals surface area (Å²) in [5, 5.41) is 8.93. The molecule has 4 nitrogen and oxygen atoms in total. The first-order chi connectivity index (χ1) is 10.0. The van der Waals surface area contributed by atoms with Gasteiger partial charge in [-0.25, -0.2) is 4.79 Å². The zero-order valence-electron chi connectivity index (χ0n) is 11.7. The summed E-state index contributed by atoms with van der Waals surface area (Å²) >= 11 is 3.32. The fourth-order valence-electron chi connectivity index (χ4n) is 1.93. The molecule has 0 fully saturated rings. The van der Waals surface area contributed by atoms with E-state index in [9.17, 15) is 4.79 Å². The molecule has 0 aliphatic carbocycles. The average Bonchev–Trinajstić information content (AvgIpc) is 2.46. The molecule has 0 spiro atoms. The molecule has 0 saturated heterocycles. The molecular formula is C16H15BrO4. The average molecular weight is 351 g/mol. The van der Waals surface area contributed by atoms with Gasteiger partial charge in [-0.2, -0.15) is 0 Å². The zero-order chi connectivity index (χ0) is 15.4. The second-order valence-electron chi connectivity index (χ2n) is 4.55. The summed E-state index contributed by atoms with van der Waals surface area (Å²) in [6.07, 6.45) is 0. The summed E-state index contributed by atoms with van der Waals surface area (Å²) in [5.74, 6) is 0.380. The van der Waals surface area contributed by atoms with E-state index < -0.39 is 5.97 Å². The molecule has 0 amide bonds. The molecule has 0 heterocycles. The van der Waals surface area contributed by atoms with E-state index in [2.05, 4.69) is 15.9 Å². The Morgan fingerprint density at radius 1 is 1.19 bits per heavy atom. The van der Waals surface area contributed by atoms with Crippen LogP contribution in [-0.4, -0.2) is 18.2 Å². The molecular weight excluding hydrogens is 336 g/mol. The smallest absolute Gasteiger partial charge is 0.335 e. The van der Waals surface area contributed by atoms with E-state index in [4.69, 9.17) is 14.6 Å². The molecule has 0 bridgehead atoms. The first-order valence-corrected chi connectivity index (χ1v) is 7.09. The van der Waals surface area contributed by atoms with Gasteiger partial charge in [0.1, 0.15) is 18.1 Å². The lowest BCUT2D eigenvalue weighted by Crippen LogP contribution is -2.01. The van der Waals surface area contributed by atoms with Crippen LogP contribution in [0.5, 0.6) is 11.5 Å². The molecule has 0 saturated carbocycles. The minimum atomic E-state index is -0.970. The molecule has 0 aliphatic heterocycles. The monoisotopic (exact) mass is 350 g/mol. The number of benzene rings is 2. The van der Waals surface area contributed by atoms with Gasteiger partial charge in [0.2, 0.25) is 0 Å². The number of halogens is 1. The van der Waals surface area contributed by atoms with Crippen molar-refractivity contribution in [1.29, 1.82) is 0 Å². The third kappa shape index (κ3) is 3.76. The lowest BCUT2D eigenvalue weighted by Gasteiger charge is -2.12. The number of aryl methyl sites for hydroxylation is 1. The van der Waals surface area contributed by atoms with Crippen LogP contribution in [0.4, 0.5) is 0 Å². The van der Waals surface area contributed by atoms with Gasteiger partial charge in [-0.1, -0.05) is 11.6 Å². The summed E-state index contributed by atoms with van der Waals surface area (Å²) in [4.78, 5) is 10.9. The van der Waals surface area contributed by atoms with E-state index in [-0.39, 0.29) is 5.56 Å². The van der Waals surface area contributed by atoms with Crippen molar-refractivity contribution >= 4 is 21.9 Å². The maximum atomic E-state index is 10.9. The van der Waals surface area contributed by atoms with Gasteiger partial charge >= 0.3 is 5.97 Å². The van der Waals surface area contributed by atoms with Crippen molar-refractivity contribution in [2.24, 2.45) is 0 Å². The zero-order valence-corrected chi connectivity index (χ0v) is 13.3. The van der Waals surface area contributed by atoms with E-state index in [0.717, 1.165) is 16.9 Å². The Balaban J connectivity index is 2.17. The highest BCUT2D eigenvalue weighted by molar-refractivity contribution is 9.10. The number of carboxylic acids is 1. The summed E-state index contributed by atoms with van der Waals surface area (Å²) in [6.45, 7) is 2.34. The van der Waals surface area contributed by atoms with Crippen molar-refractivity contribution in [1.82, 2.24) is 0 Å². The van der Waals surface area contributed by atoms with Crippen LogP contribution in [0, 0.1) is 6.92 Å². The molecule has 0 unspecified atom stereocenters. The normalized spacial score (nSPS) is 10.2. The fourth-order valence-corrected chi connectivity index (χ4v) is 2.42. The van der Waals surface area contributed by atoms with E-state index in [1.165, 1.54) is 12.1 Å². The van der Waals surface area contributed by atoms with Crippen LogP contribution in [0.1, 0.15) is 21.5 Å². The van der Waals surface area contributed by atoms with Crippen molar-refractivity contribution < 1.29 is 19.4 Å². The van der Waals surface area contributed by atoms with Crippen LogP contribution < -0.4 is 9.47 Å². The van der Waals surface area contributed by atoms with Crippen LogP contribution in [0.15, 0.2) is 40.9 Å². The molecule has 2 rings (SSSR count). The van der Waals surface area contributed by atoms with Crippen molar-refractivity contribution in [3.63, 3.8) is 0 Å². The molecule has 0 radical (unpaired) electrons. The van der Waals surface area contributed by atoms with Gasteiger partial charge in [0, 0.05) is 5.56 Å². The molecule has 2 aromatic carbocycles. The first-order valence-electron chi connectivity index (χ1n) is 6.30. The largest absolute Gasteiger partial charge is 0.496 e. The highest BCUT2D eigenvalue weighted by atomic mass is 79.9. The minimum absolute atomic E-state index is 0.211. The Morgan fingerprint density at radius 2 is 1.90 bits per heavy atom. The van der Waals surface area contributed by atoms with Gasteiger partial charge in [-0.3, -0.25) is 0 Å². The quantitative estimate of drug-likeness (QED) is 0.883. The number of hydrogen-bond acceptors (Lipinski definition) is 3. The lowest BCUT2D eigenvalue weighted by atomic mass is 10.1. The van der Waals surface area contributed by atoms with Gasteiger partial charge in [0.25, 0.3) is 0 Å². The van der Waals surface area contributed by atoms with Crippen LogP contribution >= 0.6 is 15.9 Å². The fraction of sp³-hybridized carbons (Fsp3) is 0.188. The second-order valence-corrected chi connectivity index (χ2v) is 5.41. The van der Waals surface area contributed by atoms with Gasteiger partial charge < -0.3 is 14.6 Å². The molecule has 110 valence electrons. The Labute approximate surface area is 131 Å². The molecule has 0 aromatic heterocycles. The third-order valence-electron chi connectivity index (χ3n) is 3.00. The summed E-state index contributed by atoms with van der Waals surface area (Å²) in [7, 11) is 1.62. The van der Waals surface area contributed by atoms with Gasteiger partial charge in [-0.05, 0) is 53.2 Å². The van der Waals surface area contributed by atoms with Crippen LogP contribution in [0.2, 0.25) is 0 Å². The van der Waals surface area contributed by atoms with E-state index in [0.29, 0.717) is 16.8 Å². The van der Waals surface area contributed by atoms with Crippen molar-refractivity contribution in [2.75, 3.05) is 7.11 Å². The highest BCUT2D eigenvalue weighted by Gasteiger charge is 2.09. The van der Waals surface area contributed by atoms with Gasteiger partial charge in [0.05, 0.1) is 17.1 Å².